The molecule has 2 aromatic carbocycles. The lowest BCUT2D eigenvalue weighted by Crippen LogP contribution is -1.98. The molecule has 0 atom stereocenters. The van der Waals surface area contributed by atoms with E-state index in [0.717, 1.165) is 10.9 Å². The Kier molecular flexibility index (Phi) is 2.36. The Morgan fingerprint density at radius 2 is 1.75 bits per heavy atom. The molecule has 2 N–H and O–H groups in total. The molecule has 0 saturated heterocycles. The minimum Gasteiger partial charge on any atom is -0.506 e. The van der Waals surface area contributed by atoms with Crippen molar-refractivity contribution in [1.29, 1.82) is 0 Å². The minimum atomic E-state index is -4.39. The van der Waals surface area contributed by atoms with Crippen molar-refractivity contribution in [2.24, 2.45) is 0 Å². The molecular formula is C11H10O4S. The molecule has 0 aliphatic heterocycles. The summed E-state index contributed by atoms with van der Waals surface area (Å²) in [4.78, 5) is -0.467. The Bertz CT molecular complexity index is 659. The number of fused-ring (bicyclic) bond motifs is 1. The van der Waals surface area contributed by atoms with Crippen molar-refractivity contribution in [2.75, 3.05) is 0 Å². The van der Waals surface area contributed by atoms with Crippen molar-refractivity contribution >= 4 is 20.9 Å². The van der Waals surface area contributed by atoms with Crippen molar-refractivity contribution in [2.45, 2.75) is 11.8 Å². The molecule has 0 saturated carbocycles. The second kappa shape index (κ2) is 3.47. The van der Waals surface area contributed by atoms with Crippen LogP contribution in [0.25, 0.3) is 10.8 Å². The van der Waals surface area contributed by atoms with Gasteiger partial charge in [-0.2, -0.15) is 8.42 Å². The molecule has 0 aromatic heterocycles. The molecule has 0 aliphatic carbocycles. The lowest BCUT2D eigenvalue weighted by molar-refractivity contribution is 0.448. The maximum Gasteiger partial charge on any atom is 0.298 e. The van der Waals surface area contributed by atoms with Gasteiger partial charge in [-0.3, -0.25) is 4.55 Å². The number of hydrogen-bond acceptors (Lipinski definition) is 3. The lowest BCUT2D eigenvalue weighted by atomic mass is 10.1. The molecule has 84 valence electrons. The average Bonchev–Trinajstić information content (AvgIpc) is 2.17. The first-order valence-corrected chi connectivity index (χ1v) is 6.03. The van der Waals surface area contributed by atoms with Crippen LogP contribution in [0.3, 0.4) is 0 Å². The number of benzene rings is 2. The smallest absolute Gasteiger partial charge is 0.298 e. The molecular weight excluding hydrogens is 228 g/mol. The van der Waals surface area contributed by atoms with Gasteiger partial charge in [0.1, 0.15) is 10.6 Å². The van der Waals surface area contributed by atoms with Gasteiger partial charge in [-0.25, -0.2) is 0 Å². The van der Waals surface area contributed by atoms with Crippen LogP contribution in [0.2, 0.25) is 0 Å². The molecule has 5 heteroatoms. The highest BCUT2D eigenvalue weighted by Crippen LogP contribution is 2.32. The Morgan fingerprint density at radius 3 is 2.38 bits per heavy atom. The fraction of sp³-hybridized carbons (Fsp3) is 0.0909. The van der Waals surface area contributed by atoms with Gasteiger partial charge in [0.2, 0.25) is 0 Å². The summed E-state index contributed by atoms with van der Waals surface area (Å²) in [5, 5.41) is 10.9. The lowest BCUT2D eigenvalue weighted by Gasteiger charge is -2.06. The van der Waals surface area contributed by atoms with Crippen molar-refractivity contribution in [3.05, 3.63) is 35.9 Å². The van der Waals surface area contributed by atoms with E-state index in [2.05, 4.69) is 0 Å². The molecule has 2 aromatic rings. The zero-order valence-electron chi connectivity index (χ0n) is 8.51. The molecule has 0 unspecified atom stereocenters. The molecule has 0 amide bonds. The third-order valence-electron chi connectivity index (χ3n) is 2.39. The topological polar surface area (TPSA) is 74.6 Å². The Labute approximate surface area is 92.9 Å². The number of hydrogen-bond donors (Lipinski definition) is 2. The van der Waals surface area contributed by atoms with Crippen LogP contribution in [0.5, 0.6) is 5.75 Å². The first-order valence-electron chi connectivity index (χ1n) is 4.59. The number of phenols is 1. The fourth-order valence-electron chi connectivity index (χ4n) is 1.61. The van der Waals surface area contributed by atoms with Crippen LogP contribution >= 0.6 is 0 Å². The number of phenolic OH excluding ortho intramolecular Hbond substituents is 1. The van der Waals surface area contributed by atoms with Gasteiger partial charge in [0.05, 0.1) is 0 Å². The van der Waals surface area contributed by atoms with E-state index in [1.54, 1.807) is 12.1 Å². The predicted molar refractivity (Wildman–Crippen MR) is 60.2 cm³/mol. The van der Waals surface area contributed by atoms with E-state index in [0.29, 0.717) is 5.39 Å². The highest BCUT2D eigenvalue weighted by Gasteiger charge is 2.17. The highest BCUT2D eigenvalue weighted by molar-refractivity contribution is 7.86. The van der Waals surface area contributed by atoms with Gasteiger partial charge in [0.15, 0.2) is 0 Å². The van der Waals surface area contributed by atoms with Crippen LogP contribution in [0, 0.1) is 6.92 Å². The Balaban J connectivity index is 2.89. The fourth-order valence-corrected chi connectivity index (χ4v) is 2.20. The maximum atomic E-state index is 11.0. The van der Waals surface area contributed by atoms with E-state index in [4.69, 9.17) is 4.55 Å². The summed E-state index contributed by atoms with van der Waals surface area (Å²) in [6.45, 7) is 1.83. The SMILES string of the molecule is Cc1ccc2ccc(S(=O)(=O)O)c(O)c2c1. The zero-order valence-corrected chi connectivity index (χ0v) is 9.32. The summed E-state index contributed by atoms with van der Waals surface area (Å²) < 4.78 is 30.9. The first-order chi connectivity index (χ1) is 7.39. The molecule has 0 heterocycles. The van der Waals surface area contributed by atoms with Crippen molar-refractivity contribution in [1.82, 2.24) is 0 Å². The van der Waals surface area contributed by atoms with E-state index in [1.807, 2.05) is 13.0 Å². The molecule has 2 rings (SSSR count). The van der Waals surface area contributed by atoms with Gasteiger partial charge >= 0.3 is 0 Å². The van der Waals surface area contributed by atoms with Gasteiger partial charge in [-0.15, -0.1) is 0 Å². The number of aromatic hydroxyl groups is 1. The van der Waals surface area contributed by atoms with Gasteiger partial charge in [0.25, 0.3) is 10.1 Å². The number of rotatable bonds is 1. The summed E-state index contributed by atoms with van der Waals surface area (Å²) in [6.07, 6.45) is 0. The van der Waals surface area contributed by atoms with Crippen molar-refractivity contribution in [3.8, 4) is 5.75 Å². The predicted octanol–water partition coefficient (Wildman–Crippen LogP) is 2.10. The highest BCUT2D eigenvalue weighted by atomic mass is 32.2. The molecule has 0 fully saturated rings. The van der Waals surface area contributed by atoms with Crippen LogP contribution in [-0.2, 0) is 10.1 Å². The van der Waals surface area contributed by atoms with Crippen LogP contribution in [-0.4, -0.2) is 18.1 Å². The van der Waals surface area contributed by atoms with Gasteiger partial charge in [-0.1, -0.05) is 23.8 Å². The van der Waals surface area contributed by atoms with E-state index in [-0.39, 0.29) is 0 Å². The first kappa shape index (κ1) is 10.9. The van der Waals surface area contributed by atoms with Crippen molar-refractivity contribution < 1.29 is 18.1 Å². The Hall–Kier alpha value is -1.59. The molecule has 0 bridgehead atoms. The van der Waals surface area contributed by atoms with E-state index in [9.17, 15) is 13.5 Å². The summed E-state index contributed by atoms with van der Waals surface area (Å²) in [5.41, 5.74) is 0.898. The third-order valence-corrected chi connectivity index (χ3v) is 3.27. The molecule has 0 radical (unpaired) electrons. The van der Waals surface area contributed by atoms with E-state index >= 15 is 0 Å². The second-order valence-electron chi connectivity index (χ2n) is 3.61. The van der Waals surface area contributed by atoms with Gasteiger partial charge < -0.3 is 5.11 Å². The summed E-state index contributed by atoms with van der Waals surface area (Å²) >= 11 is 0. The van der Waals surface area contributed by atoms with E-state index < -0.39 is 20.8 Å². The van der Waals surface area contributed by atoms with Crippen LogP contribution in [0.15, 0.2) is 35.2 Å². The average molecular weight is 238 g/mol. The van der Waals surface area contributed by atoms with Gasteiger partial charge in [0, 0.05) is 5.39 Å². The normalized spacial score (nSPS) is 11.9. The Morgan fingerprint density at radius 1 is 1.12 bits per heavy atom. The summed E-state index contributed by atoms with van der Waals surface area (Å²) in [5.74, 6) is -0.413. The quantitative estimate of drug-likeness (QED) is 0.746. The monoisotopic (exact) mass is 238 g/mol. The molecule has 16 heavy (non-hydrogen) atoms. The largest absolute Gasteiger partial charge is 0.506 e. The molecule has 0 spiro atoms. The van der Waals surface area contributed by atoms with Crippen LogP contribution in [0.4, 0.5) is 0 Å². The number of aryl methyl sites for hydroxylation is 1. The van der Waals surface area contributed by atoms with Crippen LogP contribution in [0.1, 0.15) is 5.56 Å². The summed E-state index contributed by atoms with van der Waals surface area (Å²) in [7, 11) is -4.39. The standard InChI is InChI=1S/C11H10O4S/c1-7-2-3-8-4-5-10(16(13,14)15)11(12)9(8)6-7/h2-6,12H,1H3,(H,13,14,15). The second-order valence-corrected chi connectivity index (χ2v) is 5.00. The maximum absolute atomic E-state index is 11.0. The molecule has 0 aliphatic rings. The van der Waals surface area contributed by atoms with Crippen LogP contribution < -0.4 is 0 Å². The van der Waals surface area contributed by atoms with E-state index in [1.165, 1.54) is 12.1 Å². The molecule has 4 nitrogen and oxygen atoms in total. The zero-order chi connectivity index (χ0) is 11.9. The van der Waals surface area contributed by atoms with Crippen molar-refractivity contribution in [3.63, 3.8) is 0 Å². The third kappa shape index (κ3) is 1.75. The minimum absolute atomic E-state index is 0.412. The summed E-state index contributed by atoms with van der Waals surface area (Å²) in [6, 6.07) is 8.02. The van der Waals surface area contributed by atoms with Gasteiger partial charge in [-0.05, 0) is 24.4 Å².